The van der Waals surface area contributed by atoms with Crippen LogP contribution < -0.4 is 4.74 Å². The summed E-state index contributed by atoms with van der Waals surface area (Å²) in [5.74, 6) is 0.812. The molecule has 2 aromatic carbocycles. The second kappa shape index (κ2) is 10.8. The first-order valence-electron chi connectivity index (χ1n) is 10.1. The second-order valence-corrected chi connectivity index (χ2v) is 6.87. The number of hydrogen-bond acceptors (Lipinski definition) is 3. The first-order valence-corrected chi connectivity index (χ1v) is 10.1. The van der Waals surface area contributed by atoms with Crippen molar-refractivity contribution in [1.29, 1.82) is 5.26 Å². The Kier molecular flexibility index (Phi) is 7.60. The van der Waals surface area contributed by atoms with Gasteiger partial charge in [0.2, 0.25) is 0 Å². The molecule has 146 valence electrons. The maximum atomic E-state index is 8.91. The second-order valence-electron chi connectivity index (χ2n) is 6.87. The summed E-state index contributed by atoms with van der Waals surface area (Å²) in [4.78, 5) is 4.54. The van der Waals surface area contributed by atoms with E-state index in [9.17, 15) is 0 Å². The van der Waals surface area contributed by atoms with E-state index >= 15 is 0 Å². The Morgan fingerprint density at radius 3 is 2.17 bits per heavy atom. The van der Waals surface area contributed by atoms with Gasteiger partial charge < -0.3 is 4.74 Å². The molecule has 3 aromatic rings. The van der Waals surface area contributed by atoms with Crippen LogP contribution in [0.1, 0.15) is 38.2 Å². The van der Waals surface area contributed by atoms with Crippen LogP contribution in [-0.2, 0) is 0 Å². The average Bonchev–Trinajstić information content (AvgIpc) is 2.79. The summed E-state index contributed by atoms with van der Waals surface area (Å²) in [5, 5.41) is 8.91. The largest absolute Gasteiger partial charge is 0.492 e. The van der Waals surface area contributed by atoms with Crippen LogP contribution in [0.4, 0.5) is 0 Å². The molecule has 0 saturated heterocycles. The van der Waals surface area contributed by atoms with Crippen molar-refractivity contribution in [2.45, 2.75) is 32.6 Å². The van der Waals surface area contributed by atoms with E-state index < -0.39 is 0 Å². The number of benzene rings is 2. The highest BCUT2D eigenvalue weighted by Gasteiger charge is 2.03. The van der Waals surface area contributed by atoms with Crippen molar-refractivity contribution < 1.29 is 4.74 Å². The molecule has 29 heavy (non-hydrogen) atoms. The predicted octanol–water partition coefficient (Wildman–Crippen LogP) is 6.80. The van der Waals surface area contributed by atoms with Crippen molar-refractivity contribution >= 4 is 0 Å². The van der Waals surface area contributed by atoms with Crippen LogP contribution in [-0.4, -0.2) is 11.6 Å². The number of pyridine rings is 1. The Labute approximate surface area is 173 Å². The van der Waals surface area contributed by atoms with Crippen molar-refractivity contribution in [2.75, 3.05) is 6.61 Å². The van der Waals surface area contributed by atoms with E-state index in [0.29, 0.717) is 5.56 Å². The van der Waals surface area contributed by atoms with Gasteiger partial charge in [-0.05, 0) is 61.1 Å². The molecule has 3 rings (SSSR count). The lowest BCUT2D eigenvalue weighted by atomic mass is 10.0. The van der Waals surface area contributed by atoms with Crippen LogP contribution in [0.3, 0.4) is 0 Å². The van der Waals surface area contributed by atoms with Gasteiger partial charge in [-0.2, -0.15) is 5.26 Å². The number of allylic oxidation sites excluding steroid dienone is 2. The number of ether oxygens (including phenoxy) is 1. The maximum absolute atomic E-state index is 8.91. The maximum Gasteiger partial charge on any atom is 0.137 e. The third-order valence-electron chi connectivity index (χ3n) is 4.70. The van der Waals surface area contributed by atoms with Gasteiger partial charge in [0.15, 0.2) is 0 Å². The summed E-state index contributed by atoms with van der Waals surface area (Å²) in [6.07, 6.45) is 10.7. The van der Waals surface area contributed by atoms with Gasteiger partial charge in [0.1, 0.15) is 5.75 Å². The molecule has 3 heteroatoms. The van der Waals surface area contributed by atoms with Crippen LogP contribution in [0.25, 0.3) is 22.4 Å². The fourth-order valence-corrected chi connectivity index (χ4v) is 3.05. The van der Waals surface area contributed by atoms with E-state index in [2.05, 4.69) is 54.4 Å². The lowest BCUT2D eigenvalue weighted by Gasteiger charge is -2.07. The van der Waals surface area contributed by atoms with Crippen LogP contribution in [0.2, 0.25) is 0 Å². The van der Waals surface area contributed by atoms with E-state index in [4.69, 9.17) is 10.00 Å². The Morgan fingerprint density at radius 2 is 1.55 bits per heavy atom. The Morgan fingerprint density at radius 1 is 0.862 bits per heavy atom. The zero-order chi connectivity index (χ0) is 20.3. The minimum Gasteiger partial charge on any atom is -0.492 e. The lowest BCUT2D eigenvalue weighted by molar-refractivity contribution is 0.306. The highest BCUT2D eigenvalue weighted by Crippen LogP contribution is 2.25. The number of unbranched alkanes of at least 4 members (excludes halogenated alkanes) is 2. The van der Waals surface area contributed by atoms with Crippen molar-refractivity contribution in [3.8, 4) is 34.2 Å². The molecule has 0 aliphatic heterocycles. The van der Waals surface area contributed by atoms with E-state index in [-0.39, 0.29) is 0 Å². The molecule has 0 fully saturated rings. The molecule has 0 aliphatic carbocycles. The first kappa shape index (κ1) is 20.4. The molecule has 0 amide bonds. The van der Waals surface area contributed by atoms with E-state index in [0.717, 1.165) is 60.4 Å². The molecular formula is C26H26N2O. The van der Waals surface area contributed by atoms with Crippen LogP contribution in [0.15, 0.2) is 79.0 Å². The number of aromatic nitrogens is 1. The van der Waals surface area contributed by atoms with Gasteiger partial charge in [-0.15, -0.1) is 0 Å². The molecule has 0 bridgehead atoms. The van der Waals surface area contributed by atoms with Gasteiger partial charge >= 0.3 is 0 Å². The summed E-state index contributed by atoms with van der Waals surface area (Å²) >= 11 is 0. The first-order chi connectivity index (χ1) is 14.3. The number of hydrogen-bond donors (Lipinski definition) is 0. The molecule has 0 radical (unpaired) electrons. The highest BCUT2D eigenvalue weighted by molar-refractivity contribution is 5.69. The standard InChI is InChI=1S/C26H26N2O/c1-2-3-4-5-6-7-18-29-25-16-17-26(28-20-25)24-14-12-23(13-15-24)22-10-8-21(19-27)9-11-22/h3-4,8-17,20H,2,5-7,18H2,1H3. The molecule has 0 spiro atoms. The van der Waals surface area contributed by atoms with Crippen molar-refractivity contribution in [3.63, 3.8) is 0 Å². The van der Waals surface area contributed by atoms with Gasteiger partial charge in [0, 0.05) is 5.56 Å². The minimum atomic E-state index is 0.671. The topological polar surface area (TPSA) is 45.9 Å². The lowest BCUT2D eigenvalue weighted by Crippen LogP contribution is -1.97. The van der Waals surface area contributed by atoms with E-state index in [1.165, 1.54) is 0 Å². The highest BCUT2D eigenvalue weighted by atomic mass is 16.5. The summed E-state index contributed by atoms with van der Waals surface area (Å²) in [6.45, 7) is 2.88. The monoisotopic (exact) mass is 382 g/mol. The van der Waals surface area contributed by atoms with Crippen LogP contribution in [0, 0.1) is 11.3 Å². The van der Waals surface area contributed by atoms with Crippen LogP contribution in [0.5, 0.6) is 5.75 Å². The quantitative estimate of drug-likeness (QED) is 0.302. The van der Waals surface area contributed by atoms with E-state index in [1.54, 1.807) is 6.20 Å². The van der Waals surface area contributed by atoms with Crippen molar-refractivity contribution in [1.82, 2.24) is 4.98 Å². The molecule has 0 unspecified atom stereocenters. The summed E-state index contributed by atoms with van der Waals surface area (Å²) in [7, 11) is 0. The van der Waals surface area contributed by atoms with Crippen LogP contribution >= 0.6 is 0 Å². The Hall–Kier alpha value is -3.38. The minimum absolute atomic E-state index is 0.671. The molecule has 0 saturated carbocycles. The van der Waals surface area contributed by atoms with Gasteiger partial charge in [-0.3, -0.25) is 4.98 Å². The average molecular weight is 383 g/mol. The normalized spacial score (nSPS) is 10.8. The molecule has 0 N–H and O–H groups in total. The van der Waals surface area contributed by atoms with Gasteiger partial charge in [-0.25, -0.2) is 0 Å². The fourth-order valence-electron chi connectivity index (χ4n) is 3.05. The number of nitriles is 1. The Bertz CT molecular complexity index is 950. The molecule has 1 heterocycles. The molecule has 3 nitrogen and oxygen atoms in total. The van der Waals surface area contributed by atoms with Crippen molar-refractivity contribution in [3.05, 3.63) is 84.6 Å². The number of nitrogens with zero attached hydrogens (tertiary/aromatic N) is 2. The molecule has 0 atom stereocenters. The summed E-state index contributed by atoms with van der Waals surface area (Å²) < 4.78 is 5.79. The predicted molar refractivity (Wildman–Crippen MR) is 119 cm³/mol. The zero-order valence-corrected chi connectivity index (χ0v) is 16.8. The summed E-state index contributed by atoms with van der Waals surface area (Å²) in [6, 6.07) is 22.0. The Balaban J connectivity index is 1.54. The summed E-state index contributed by atoms with van der Waals surface area (Å²) in [5.41, 5.74) is 4.87. The van der Waals surface area contributed by atoms with Gasteiger partial charge in [0.05, 0.1) is 30.1 Å². The zero-order valence-electron chi connectivity index (χ0n) is 16.8. The smallest absolute Gasteiger partial charge is 0.137 e. The third kappa shape index (κ3) is 6.05. The molecule has 0 aliphatic rings. The number of rotatable bonds is 9. The third-order valence-corrected chi connectivity index (χ3v) is 4.70. The fraction of sp³-hybridized carbons (Fsp3) is 0.231. The van der Waals surface area contributed by atoms with Crippen molar-refractivity contribution in [2.24, 2.45) is 0 Å². The van der Waals surface area contributed by atoms with Gasteiger partial charge in [0.25, 0.3) is 0 Å². The molecular weight excluding hydrogens is 356 g/mol. The van der Waals surface area contributed by atoms with Gasteiger partial charge in [-0.1, -0.05) is 55.5 Å². The molecule has 1 aromatic heterocycles. The SMILES string of the molecule is CCC=CCCCCOc1ccc(-c2ccc(-c3ccc(C#N)cc3)cc2)nc1. The van der Waals surface area contributed by atoms with E-state index in [1.807, 2.05) is 36.4 Å².